The first-order chi connectivity index (χ1) is 7.36. The molecule has 1 aromatic carbocycles. The minimum atomic E-state index is -1.60. The van der Waals surface area contributed by atoms with E-state index >= 15 is 0 Å². The van der Waals surface area contributed by atoms with Gasteiger partial charge >= 0.3 is 17.9 Å². The highest BCUT2D eigenvalue weighted by atomic mass is 79.9. The van der Waals surface area contributed by atoms with Crippen LogP contribution in [0.5, 0.6) is 0 Å². The normalized spacial score (nSPS) is 9.81. The van der Waals surface area contributed by atoms with Crippen LogP contribution in [0.3, 0.4) is 0 Å². The molecule has 0 heterocycles. The molecule has 0 saturated heterocycles. The van der Waals surface area contributed by atoms with E-state index in [1.54, 1.807) is 0 Å². The Kier molecular flexibility index (Phi) is 3.28. The van der Waals surface area contributed by atoms with Crippen molar-refractivity contribution >= 4 is 33.8 Å². The number of rotatable bonds is 3. The van der Waals surface area contributed by atoms with E-state index in [4.69, 9.17) is 15.3 Å². The molecule has 0 spiro atoms. The lowest BCUT2D eigenvalue weighted by atomic mass is 10.0. The van der Waals surface area contributed by atoms with Crippen molar-refractivity contribution in [2.45, 2.75) is 0 Å². The van der Waals surface area contributed by atoms with Crippen molar-refractivity contribution in [1.29, 1.82) is 0 Å². The molecule has 0 unspecified atom stereocenters. The van der Waals surface area contributed by atoms with Crippen molar-refractivity contribution in [2.24, 2.45) is 0 Å². The lowest BCUT2D eigenvalue weighted by Crippen LogP contribution is -2.15. The molecule has 84 valence electrons. The van der Waals surface area contributed by atoms with Crippen LogP contribution in [0.1, 0.15) is 31.1 Å². The van der Waals surface area contributed by atoms with Gasteiger partial charge in [0.05, 0.1) is 16.7 Å². The summed E-state index contributed by atoms with van der Waals surface area (Å²) < 4.78 is 0.0161. The molecule has 7 heteroatoms. The molecule has 0 aliphatic rings. The van der Waals surface area contributed by atoms with Crippen molar-refractivity contribution in [3.05, 3.63) is 33.3 Å². The number of carboxylic acid groups (broad SMARTS) is 3. The molecule has 0 amide bonds. The third-order valence-corrected chi connectivity index (χ3v) is 2.47. The average molecular weight is 289 g/mol. The molecule has 1 rings (SSSR count). The highest BCUT2D eigenvalue weighted by Gasteiger charge is 2.25. The molecule has 6 nitrogen and oxygen atoms in total. The maximum Gasteiger partial charge on any atom is 0.337 e. The standard InChI is InChI=1S/C9H5BrO6/c10-4-2-1-3(7(11)12)5(8(13)14)6(4)9(15)16/h1-2H,(H,11,12)(H,13,14)(H,15,16). The Balaban J connectivity index is 3.70. The van der Waals surface area contributed by atoms with Gasteiger partial charge in [-0.25, -0.2) is 14.4 Å². The van der Waals surface area contributed by atoms with Crippen LogP contribution in [-0.2, 0) is 0 Å². The fourth-order valence-electron chi connectivity index (χ4n) is 1.19. The molecule has 0 aliphatic carbocycles. The molecule has 0 bridgehead atoms. The fraction of sp³-hybridized carbons (Fsp3) is 0. The lowest BCUT2D eigenvalue weighted by molar-refractivity contribution is 0.0632. The summed E-state index contributed by atoms with van der Waals surface area (Å²) in [5, 5.41) is 26.4. The second-order valence-corrected chi connectivity index (χ2v) is 3.61. The van der Waals surface area contributed by atoms with Crippen LogP contribution in [0, 0.1) is 0 Å². The molecule has 0 fully saturated rings. The summed E-state index contributed by atoms with van der Waals surface area (Å²) in [4.78, 5) is 32.4. The van der Waals surface area contributed by atoms with Crippen molar-refractivity contribution in [3.8, 4) is 0 Å². The first-order valence-corrected chi connectivity index (χ1v) is 4.68. The van der Waals surface area contributed by atoms with Crippen LogP contribution < -0.4 is 0 Å². The highest BCUT2D eigenvalue weighted by molar-refractivity contribution is 9.10. The lowest BCUT2D eigenvalue weighted by Gasteiger charge is -2.07. The second kappa shape index (κ2) is 4.31. The Labute approximate surface area is 97.3 Å². The van der Waals surface area contributed by atoms with Gasteiger partial charge in [-0.05, 0) is 28.1 Å². The number of benzene rings is 1. The molecular formula is C9H5BrO6. The molecule has 0 aliphatic heterocycles. The Morgan fingerprint density at radius 2 is 1.38 bits per heavy atom. The Morgan fingerprint density at radius 3 is 1.75 bits per heavy atom. The van der Waals surface area contributed by atoms with Crippen molar-refractivity contribution < 1.29 is 29.7 Å². The Morgan fingerprint density at radius 1 is 0.875 bits per heavy atom. The van der Waals surface area contributed by atoms with Gasteiger partial charge in [0.2, 0.25) is 0 Å². The summed E-state index contributed by atoms with van der Waals surface area (Å²) in [5.74, 6) is -4.60. The summed E-state index contributed by atoms with van der Waals surface area (Å²) in [5.41, 5.74) is -1.88. The first-order valence-electron chi connectivity index (χ1n) is 3.88. The quantitative estimate of drug-likeness (QED) is 0.778. The SMILES string of the molecule is O=C(O)c1ccc(Br)c(C(=O)O)c1C(=O)O. The molecule has 3 N–H and O–H groups in total. The number of carbonyl (C=O) groups is 3. The fourth-order valence-corrected chi connectivity index (χ4v) is 1.69. The van der Waals surface area contributed by atoms with Gasteiger partial charge in [0, 0.05) is 4.47 Å². The van der Waals surface area contributed by atoms with Crippen LogP contribution >= 0.6 is 15.9 Å². The predicted octanol–water partition coefficient (Wildman–Crippen LogP) is 1.54. The van der Waals surface area contributed by atoms with E-state index in [9.17, 15) is 14.4 Å². The highest BCUT2D eigenvalue weighted by Crippen LogP contribution is 2.24. The van der Waals surface area contributed by atoms with Gasteiger partial charge in [0.25, 0.3) is 0 Å². The Hall–Kier alpha value is -1.89. The summed E-state index contributed by atoms with van der Waals surface area (Å²) in [7, 11) is 0. The number of aromatic carboxylic acids is 3. The minimum Gasteiger partial charge on any atom is -0.478 e. The smallest absolute Gasteiger partial charge is 0.337 e. The van der Waals surface area contributed by atoms with E-state index in [0.29, 0.717) is 0 Å². The zero-order valence-electron chi connectivity index (χ0n) is 7.60. The number of carboxylic acids is 3. The predicted molar refractivity (Wildman–Crippen MR) is 55.0 cm³/mol. The summed E-state index contributed by atoms with van der Waals surface area (Å²) in [6, 6.07) is 2.21. The topological polar surface area (TPSA) is 112 Å². The summed E-state index contributed by atoms with van der Waals surface area (Å²) in [6.45, 7) is 0. The van der Waals surface area contributed by atoms with Gasteiger partial charge in [0.1, 0.15) is 0 Å². The van der Waals surface area contributed by atoms with E-state index in [0.717, 1.165) is 6.07 Å². The summed E-state index contributed by atoms with van der Waals surface area (Å²) in [6.07, 6.45) is 0. The number of hydrogen-bond acceptors (Lipinski definition) is 3. The maximum atomic E-state index is 10.9. The average Bonchev–Trinajstić information content (AvgIpc) is 2.15. The molecule has 16 heavy (non-hydrogen) atoms. The van der Waals surface area contributed by atoms with Crippen LogP contribution in [0.4, 0.5) is 0 Å². The largest absolute Gasteiger partial charge is 0.478 e. The van der Waals surface area contributed by atoms with Gasteiger partial charge in [-0.1, -0.05) is 0 Å². The van der Waals surface area contributed by atoms with Crippen molar-refractivity contribution in [1.82, 2.24) is 0 Å². The van der Waals surface area contributed by atoms with E-state index in [-0.39, 0.29) is 4.47 Å². The van der Waals surface area contributed by atoms with E-state index in [1.165, 1.54) is 6.07 Å². The third kappa shape index (κ3) is 2.03. The molecule has 1 aromatic rings. The van der Waals surface area contributed by atoms with Gasteiger partial charge in [-0.3, -0.25) is 0 Å². The zero-order chi connectivity index (χ0) is 12.5. The van der Waals surface area contributed by atoms with Crippen molar-refractivity contribution in [3.63, 3.8) is 0 Å². The van der Waals surface area contributed by atoms with Gasteiger partial charge in [-0.15, -0.1) is 0 Å². The zero-order valence-corrected chi connectivity index (χ0v) is 9.19. The second-order valence-electron chi connectivity index (χ2n) is 2.76. The number of halogens is 1. The van der Waals surface area contributed by atoms with Crippen LogP contribution in [0.2, 0.25) is 0 Å². The minimum absolute atomic E-state index is 0.0161. The van der Waals surface area contributed by atoms with Crippen LogP contribution in [0.25, 0.3) is 0 Å². The van der Waals surface area contributed by atoms with Gasteiger partial charge in [-0.2, -0.15) is 0 Å². The third-order valence-electron chi connectivity index (χ3n) is 1.81. The van der Waals surface area contributed by atoms with Crippen LogP contribution in [0.15, 0.2) is 16.6 Å². The maximum absolute atomic E-state index is 10.9. The summed E-state index contributed by atoms with van der Waals surface area (Å²) >= 11 is 2.86. The van der Waals surface area contributed by atoms with Gasteiger partial charge in [0.15, 0.2) is 0 Å². The first kappa shape index (κ1) is 12.2. The Bertz CT molecular complexity index is 493. The monoisotopic (exact) mass is 288 g/mol. The van der Waals surface area contributed by atoms with E-state index in [2.05, 4.69) is 15.9 Å². The molecule has 0 aromatic heterocycles. The van der Waals surface area contributed by atoms with Gasteiger partial charge < -0.3 is 15.3 Å². The number of hydrogen-bond donors (Lipinski definition) is 3. The van der Waals surface area contributed by atoms with Crippen LogP contribution in [-0.4, -0.2) is 33.2 Å². The molecule has 0 atom stereocenters. The van der Waals surface area contributed by atoms with E-state index < -0.39 is 34.6 Å². The molecule has 0 radical (unpaired) electrons. The molecular weight excluding hydrogens is 284 g/mol. The van der Waals surface area contributed by atoms with Crippen molar-refractivity contribution in [2.75, 3.05) is 0 Å². The van der Waals surface area contributed by atoms with E-state index in [1.807, 2.05) is 0 Å². The molecule has 0 saturated carbocycles.